The molecule has 2 rings (SSSR count). The van der Waals surface area contributed by atoms with E-state index in [2.05, 4.69) is 5.32 Å². The Labute approximate surface area is 150 Å². The van der Waals surface area contributed by atoms with E-state index in [0.29, 0.717) is 6.54 Å². The van der Waals surface area contributed by atoms with E-state index in [1.165, 1.54) is 28.8 Å². The molecule has 1 aliphatic heterocycles. The summed E-state index contributed by atoms with van der Waals surface area (Å²) >= 11 is 1.30. The summed E-state index contributed by atoms with van der Waals surface area (Å²) in [5, 5.41) is 1.92. The number of carbonyl (C=O) groups is 2. The van der Waals surface area contributed by atoms with E-state index in [1.54, 1.807) is 6.92 Å². The molecule has 1 aliphatic rings. The maximum atomic E-state index is 14.1. The number of likely N-dealkylation sites (N-methyl/N-ethyl adjacent to an activating group) is 1. The van der Waals surface area contributed by atoms with Gasteiger partial charge in [-0.1, -0.05) is 6.07 Å². The Hall–Kier alpha value is -1.67. The van der Waals surface area contributed by atoms with E-state index in [4.69, 9.17) is 0 Å². The number of benzene rings is 1. The maximum absolute atomic E-state index is 14.1. The molecule has 8 heteroatoms. The van der Waals surface area contributed by atoms with Crippen molar-refractivity contribution in [2.24, 2.45) is 0 Å². The Kier molecular flexibility index (Phi) is 6.78. The van der Waals surface area contributed by atoms with Gasteiger partial charge in [0.2, 0.25) is 11.8 Å². The van der Waals surface area contributed by atoms with E-state index < -0.39 is 17.0 Å². The fraction of sp³-hybridized carbons (Fsp3) is 0.529. The SMILES string of the molecule is CC1SC(c2ccc(F)cc2F)N(CCC(=O)NCCN(C)C)C1=O. The van der Waals surface area contributed by atoms with Gasteiger partial charge in [0.05, 0.1) is 5.25 Å². The fourth-order valence-corrected chi connectivity index (χ4v) is 3.91. The smallest absolute Gasteiger partial charge is 0.236 e. The zero-order chi connectivity index (χ0) is 18.6. The standard InChI is InChI=1S/C17H23F2N3O2S/c1-11-16(24)22(8-6-15(23)20-7-9-21(2)3)17(25-11)13-5-4-12(18)10-14(13)19/h4-5,10-11,17H,6-9H2,1-3H3,(H,20,23). The molecule has 5 nitrogen and oxygen atoms in total. The molecule has 2 unspecified atom stereocenters. The lowest BCUT2D eigenvalue weighted by atomic mass is 10.1. The van der Waals surface area contributed by atoms with E-state index in [0.717, 1.165) is 12.6 Å². The van der Waals surface area contributed by atoms with Crippen LogP contribution in [-0.2, 0) is 9.59 Å². The number of hydrogen-bond acceptors (Lipinski definition) is 4. The molecule has 1 aromatic carbocycles. The monoisotopic (exact) mass is 371 g/mol. The second-order valence-electron chi connectivity index (χ2n) is 6.23. The normalized spacial score (nSPS) is 20.4. The topological polar surface area (TPSA) is 52.7 Å². The molecule has 0 aliphatic carbocycles. The summed E-state index contributed by atoms with van der Waals surface area (Å²) in [5.41, 5.74) is 0.261. The van der Waals surface area contributed by atoms with Crippen LogP contribution < -0.4 is 5.32 Å². The van der Waals surface area contributed by atoms with Crippen molar-refractivity contribution in [1.82, 2.24) is 15.1 Å². The largest absolute Gasteiger partial charge is 0.355 e. The van der Waals surface area contributed by atoms with Gasteiger partial charge in [0.25, 0.3) is 0 Å². The highest BCUT2D eigenvalue weighted by atomic mass is 32.2. The van der Waals surface area contributed by atoms with Gasteiger partial charge in [-0.25, -0.2) is 8.78 Å². The molecule has 0 radical (unpaired) electrons. The fourth-order valence-electron chi connectivity index (χ4n) is 2.57. The summed E-state index contributed by atoms with van der Waals surface area (Å²) in [6, 6.07) is 3.35. The predicted octanol–water partition coefficient (Wildman–Crippen LogP) is 2.00. The molecule has 0 bridgehead atoms. The third-order valence-corrected chi connectivity index (χ3v) is 5.31. The van der Waals surface area contributed by atoms with Crippen LogP contribution in [0.2, 0.25) is 0 Å². The van der Waals surface area contributed by atoms with Crippen LogP contribution in [0, 0.1) is 11.6 Å². The first-order valence-corrected chi connectivity index (χ1v) is 9.06. The minimum Gasteiger partial charge on any atom is -0.355 e. The van der Waals surface area contributed by atoms with E-state index >= 15 is 0 Å². The van der Waals surface area contributed by atoms with Gasteiger partial charge in [-0.2, -0.15) is 0 Å². The van der Waals surface area contributed by atoms with Crippen molar-refractivity contribution in [3.8, 4) is 0 Å². The molecule has 138 valence electrons. The minimum absolute atomic E-state index is 0.139. The molecule has 1 fully saturated rings. The van der Waals surface area contributed by atoms with Crippen molar-refractivity contribution in [2.75, 3.05) is 33.7 Å². The second kappa shape index (κ2) is 8.62. The average molecular weight is 371 g/mol. The van der Waals surface area contributed by atoms with Gasteiger partial charge in [-0.15, -0.1) is 11.8 Å². The molecule has 1 heterocycles. The van der Waals surface area contributed by atoms with Gasteiger partial charge in [-0.3, -0.25) is 9.59 Å². The number of thioether (sulfide) groups is 1. The number of carbonyl (C=O) groups excluding carboxylic acids is 2. The molecular weight excluding hydrogens is 348 g/mol. The third-order valence-electron chi connectivity index (χ3n) is 3.94. The Morgan fingerprint density at radius 3 is 2.72 bits per heavy atom. The van der Waals surface area contributed by atoms with E-state index in [-0.39, 0.29) is 35.6 Å². The molecule has 1 aromatic rings. The van der Waals surface area contributed by atoms with Crippen LogP contribution in [-0.4, -0.2) is 60.6 Å². The Balaban J connectivity index is 2.01. The highest BCUT2D eigenvalue weighted by molar-refractivity contribution is 8.01. The third kappa shape index (κ3) is 5.15. The van der Waals surface area contributed by atoms with Crippen molar-refractivity contribution < 1.29 is 18.4 Å². The van der Waals surface area contributed by atoms with Gasteiger partial charge in [0, 0.05) is 37.7 Å². The van der Waals surface area contributed by atoms with Crippen LogP contribution in [0.1, 0.15) is 24.3 Å². The Morgan fingerprint density at radius 2 is 2.08 bits per heavy atom. The van der Waals surface area contributed by atoms with Crippen LogP contribution in [0.3, 0.4) is 0 Å². The zero-order valence-corrected chi connectivity index (χ0v) is 15.4. The number of nitrogens with zero attached hydrogens (tertiary/aromatic N) is 2. The van der Waals surface area contributed by atoms with Crippen LogP contribution in [0.5, 0.6) is 0 Å². The van der Waals surface area contributed by atoms with Gasteiger partial charge in [0.1, 0.15) is 17.0 Å². The quantitative estimate of drug-likeness (QED) is 0.797. The summed E-state index contributed by atoms with van der Waals surface area (Å²) < 4.78 is 27.2. The summed E-state index contributed by atoms with van der Waals surface area (Å²) in [6.07, 6.45) is 0.145. The molecule has 1 N–H and O–H groups in total. The molecule has 25 heavy (non-hydrogen) atoms. The summed E-state index contributed by atoms with van der Waals surface area (Å²) in [6.45, 7) is 3.20. The van der Waals surface area contributed by atoms with Crippen molar-refractivity contribution in [3.05, 3.63) is 35.4 Å². The Morgan fingerprint density at radius 1 is 1.36 bits per heavy atom. The van der Waals surface area contributed by atoms with Crippen molar-refractivity contribution >= 4 is 23.6 Å². The Bertz CT molecular complexity index is 642. The van der Waals surface area contributed by atoms with Gasteiger partial charge >= 0.3 is 0 Å². The minimum atomic E-state index is -0.681. The summed E-state index contributed by atoms with van der Waals surface area (Å²) in [7, 11) is 3.82. The first-order chi connectivity index (χ1) is 11.8. The van der Waals surface area contributed by atoms with Gasteiger partial charge < -0.3 is 15.1 Å². The number of amides is 2. The predicted molar refractivity (Wildman–Crippen MR) is 94.0 cm³/mol. The van der Waals surface area contributed by atoms with Gasteiger partial charge in [0.15, 0.2) is 0 Å². The van der Waals surface area contributed by atoms with E-state index in [9.17, 15) is 18.4 Å². The van der Waals surface area contributed by atoms with Gasteiger partial charge in [-0.05, 0) is 27.1 Å². The molecule has 0 saturated carbocycles. The van der Waals surface area contributed by atoms with Crippen LogP contribution in [0.15, 0.2) is 18.2 Å². The molecule has 0 spiro atoms. The van der Waals surface area contributed by atoms with Crippen molar-refractivity contribution in [3.63, 3.8) is 0 Å². The molecule has 1 saturated heterocycles. The highest BCUT2D eigenvalue weighted by Gasteiger charge is 2.39. The lowest BCUT2D eigenvalue weighted by Gasteiger charge is -2.24. The molecule has 0 aromatic heterocycles. The van der Waals surface area contributed by atoms with E-state index in [1.807, 2.05) is 19.0 Å². The van der Waals surface area contributed by atoms with Crippen LogP contribution >= 0.6 is 11.8 Å². The maximum Gasteiger partial charge on any atom is 0.236 e. The average Bonchev–Trinajstić information content (AvgIpc) is 2.80. The first-order valence-electron chi connectivity index (χ1n) is 8.12. The second-order valence-corrected chi connectivity index (χ2v) is 7.66. The number of halogens is 2. The van der Waals surface area contributed by atoms with Crippen LogP contribution in [0.25, 0.3) is 0 Å². The first kappa shape index (κ1) is 19.7. The van der Waals surface area contributed by atoms with Crippen molar-refractivity contribution in [1.29, 1.82) is 0 Å². The molecule has 2 atom stereocenters. The lowest BCUT2D eigenvalue weighted by Crippen LogP contribution is -2.36. The summed E-state index contributed by atoms with van der Waals surface area (Å²) in [5.74, 6) is -1.63. The molecular formula is C17H23F2N3O2S. The van der Waals surface area contributed by atoms with Crippen molar-refractivity contribution in [2.45, 2.75) is 24.0 Å². The highest BCUT2D eigenvalue weighted by Crippen LogP contribution is 2.43. The number of rotatable bonds is 7. The molecule has 2 amide bonds. The number of nitrogens with one attached hydrogen (secondary N) is 1. The van der Waals surface area contributed by atoms with Crippen LogP contribution in [0.4, 0.5) is 8.78 Å². The zero-order valence-electron chi connectivity index (χ0n) is 14.6. The lowest BCUT2D eigenvalue weighted by molar-refractivity contribution is -0.130. The number of hydrogen-bond donors (Lipinski definition) is 1. The summed E-state index contributed by atoms with van der Waals surface area (Å²) in [4.78, 5) is 27.7.